The lowest BCUT2D eigenvalue weighted by molar-refractivity contribution is -0.318. The topological polar surface area (TPSA) is 293 Å². The van der Waals surface area contributed by atoms with Crippen molar-refractivity contribution in [2.75, 3.05) is 61.5 Å². The number of aliphatic hydroxyl groups excluding tert-OH is 4. The zero-order valence-electron chi connectivity index (χ0n) is 57.3. The molecule has 1 amide bonds. The van der Waals surface area contributed by atoms with Crippen LogP contribution in [0.2, 0.25) is 0 Å². The number of amides is 1. The van der Waals surface area contributed by atoms with Gasteiger partial charge in [0.15, 0.2) is 29.6 Å². The van der Waals surface area contributed by atoms with Crippen molar-refractivity contribution >= 4 is 39.8 Å². The smallest absolute Gasteiger partial charge is 0.311 e. The highest BCUT2D eigenvalue weighted by atomic mass is 32.2. The van der Waals surface area contributed by atoms with Crippen LogP contribution in [0.5, 0.6) is 0 Å². The number of carbonyl (C=O) groups is 5. The average Bonchev–Trinajstić information content (AvgIpc) is 1.62. The second-order valence-corrected chi connectivity index (χ2v) is 30.7. The van der Waals surface area contributed by atoms with Gasteiger partial charge in [-0.05, 0) is 145 Å². The Hall–Kier alpha value is -3.05. The Labute approximate surface area is 543 Å². The van der Waals surface area contributed by atoms with Crippen LogP contribution < -0.4 is 5.32 Å². The van der Waals surface area contributed by atoms with Gasteiger partial charge in [-0.1, -0.05) is 52.3 Å². The number of aliphatic hydroxyl groups is 6. The number of thioether (sulfide) groups is 1. The van der Waals surface area contributed by atoms with E-state index in [4.69, 9.17) is 33.2 Å². The van der Waals surface area contributed by atoms with Crippen molar-refractivity contribution in [2.24, 2.45) is 46.3 Å². The number of likely N-dealkylation sites (N-methyl/N-ethyl adjacent to an activating group) is 1. The molecule has 26 atom stereocenters. The van der Waals surface area contributed by atoms with Crippen molar-refractivity contribution in [1.29, 1.82) is 0 Å². The Morgan fingerprint density at radius 3 is 2.18 bits per heavy atom. The van der Waals surface area contributed by atoms with Crippen molar-refractivity contribution in [3.8, 4) is 0 Å². The predicted octanol–water partition coefficient (Wildman–Crippen LogP) is 5.48. The van der Waals surface area contributed by atoms with E-state index in [0.29, 0.717) is 43.3 Å². The average molecular weight is 1310 g/mol. The van der Waals surface area contributed by atoms with E-state index in [1.54, 1.807) is 75.3 Å². The van der Waals surface area contributed by atoms with Gasteiger partial charge in [0.2, 0.25) is 5.12 Å². The van der Waals surface area contributed by atoms with E-state index >= 15 is 4.39 Å². The highest BCUT2D eigenvalue weighted by Crippen LogP contribution is 2.71. The molecular weight excluding hydrogens is 1200 g/mol. The number of hydrogen-bond donors (Lipinski definition) is 7. The molecule has 22 nitrogen and oxygen atoms in total. The van der Waals surface area contributed by atoms with E-state index in [0.717, 1.165) is 0 Å². The largest absolute Gasteiger partial charge is 0.459 e. The molecule has 0 spiro atoms. The molecule has 2 unspecified atom stereocenters. The number of ether oxygens (including phenoxy) is 7. The highest BCUT2D eigenvalue weighted by Gasteiger charge is 2.77. The fourth-order valence-electron chi connectivity index (χ4n) is 17.2. The van der Waals surface area contributed by atoms with Crippen molar-refractivity contribution < 1.29 is 92.2 Å². The maximum absolute atomic E-state index is 18.2. The lowest BCUT2D eigenvalue weighted by Gasteiger charge is -2.62. The molecule has 7 rings (SSSR count). The predicted molar refractivity (Wildman–Crippen MR) is 339 cm³/mol. The lowest BCUT2D eigenvalue weighted by Crippen LogP contribution is -2.69. The van der Waals surface area contributed by atoms with Gasteiger partial charge in [0.25, 0.3) is 5.24 Å². The minimum atomic E-state index is -2.20. The first-order chi connectivity index (χ1) is 42.2. The standard InChI is InChI=1S/C67H111FN4O18S/c1-19-49-65(13,83)54(77)41(7)72(35-36(2)32-63(11,82)56(89-58-52(76)47(70(14)15)30-38(4)85-58)39(5)53(40(6)57(79)87-49)88-51-34-64(12,84-18)55(78)42(8)86-51)28-20-26-69-27-24-50(75)90-67(59(80)91-60(81)71(16)17)37(3)29-46-45-22-21-43-31-44(73)23-25-61(43,9)66(45,68)48(74)33-62(46,67)10/h21,23,25,36-42,45-49,51-56,58,69,74,76-78,82-83H,19-20,22,24,26-35H2,1-18H3/t36-,37-,38-,39+,40-,41-,42+,45?,46?,47+,48+,49-,51+,52-,53+,54-,55+,56-,58+,61+,62+,63-,64-,65-,66+,67+/m1/s1. The number of nitrogens with one attached hydrogen (secondary N) is 1. The molecular formula is C67H111FN4O18S. The van der Waals surface area contributed by atoms with Crippen LogP contribution in [0.25, 0.3) is 0 Å². The molecule has 2 saturated carbocycles. The molecule has 3 heterocycles. The number of allylic oxidation sites excluding steroid dienone is 4. The zero-order chi connectivity index (χ0) is 68.1. The molecule has 0 radical (unpaired) electrons. The number of cyclic esters (lactones) is 1. The van der Waals surface area contributed by atoms with Gasteiger partial charge in [0, 0.05) is 99.6 Å². The molecule has 7 N–H and O–H groups in total. The van der Waals surface area contributed by atoms with Gasteiger partial charge in [-0.3, -0.25) is 28.9 Å². The van der Waals surface area contributed by atoms with E-state index in [1.165, 1.54) is 39.1 Å². The molecule has 0 aromatic heterocycles. The van der Waals surface area contributed by atoms with Crippen LogP contribution in [-0.4, -0.2) is 243 Å². The maximum Gasteiger partial charge on any atom is 0.311 e. The molecule has 0 bridgehead atoms. The maximum atomic E-state index is 18.2. The van der Waals surface area contributed by atoms with Gasteiger partial charge in [-0.15, -0.1) is 0 Å². The number of halogens is 1. The molecule has 7 aliphatic rings. The quantitative estimate of drug-likeness (QED) is 0.0572. The Morgan fingerprint density at radius 1 is 0.879 bits per heavy atom. The molecule has 91 heavy (non-hydrogen) atoms. The van der Waals surface area contributed by atoms with E-state index in [2.05, 4.69) is 5.32 Å². The van der Waals surface area contributed by atoms with Gasteiger partial charge in [-0.2, -0.15) is 0 Å². The summed E-state index contributed by atoms with van der Waals surface area (Å²) >= 11 is 0.430. The number of esters is 2. The van der Waals surface area contributed by atoms with Crippen LogP contribution in [0.1, 0.15) is 154 Å². The van der Waals surface area contributed by atoms with Crippen molar-refractivity contribution in [3.05, 3.63) is 23.8 Å². The molecule has 24 heteroatoms. The second kappa shape index (κ2) is 29.0. The van der Waals surface area contributed by atoms with E-state index < -0.39 is 158 Å². The summed E-state index contributed by atoms with van der Waals surface area (Å²) in [4.78, 5) is 75.0. The number of rotatable bonds is 16. The summed E-state index contributed by atoms with van der Waals surface area (Å²) in [6.07, 6.45) is -6.12. The molecule has 520 valence electrons. The van der Waals surface area contributed by atoms with E-state index in [9.17, 15) is 54.6 Å². The Morgan fingerprint density at radius 2 is 1.55 bits per heavy atom. The number of alkyl halides is 1. The number of fused-ring (bicyclic) bond motifs is 5. The van der Waals surface area contributed by atoms with Gasteiger partial charge in [0.1, 0.15) is 30.0 Å². The van der Waals surface area contributed by atoms with Crippen LogP contribution in [-0.2, 0) is 52.3 Å². The van der Waals surface area contributed by atoms with Gasteiger partial charge < -0.3 is 78.9 Å². The third-order valence-electron chi connectivity index (χ3n) is 22.6. The molecule has 4 aliphatic carbocycles. The van der Waals surface area contributed by atoms with Crippen molar-refractivity contribution in [2.45, 2.75) is 262 Å². The summed E-state index contributed by atoms with van der Waals surface area (Å²) in [7, 11) is 8.21. The molecule has 3 saturated heterocycles. The minimum absolute atomic E-state index is 0.0399. The van der Waals surface area contributed by atoms with Crippen LogP contribution in [0, 0.1) is 46.3 Å². The van der Waals surface area contributed by atoms with Gasteiger partial charge in [-0.25, -0.2) is 4.39 Å². The van der Waals surface area contributed by atoms with Gasteiger partial charge in [0.05, 0.1) is 54.1 Å². The van der Waals surface area contributed by atoms with Crippen molar-refractivity contribution in [1.82, 2.24) is 20.0 Å². The first-order valence-electron chi connectivity index (χ1n) is 33.1. The first kappa shape index (κ1) is 75.3. The third-order valence-corrected chi connectivity index (χ3v) is 23.6. The summed E-state index contributed by atoms with van der Waals surface area (Å²) in [5, 5.41) is 75.1. The summed E-state index contributed by atoms with van der Waals surface area (Å²) < 4.78 is 63.0. The van der Waals surface area contributed by atoms with Crippen molar-refractivity contribution in [3.63, 3.8) is 0 Å². The fourth-order valence-corrected chi connectivity index (χ4v) is 18.2. The lowest BCUT2D eigenvalue weighted by atomic mass is 9.45. The van der Waals surface area contributed by atoms with Crippen LogP contribution in [0.4, 0.5) is 9.18 Å². The highest BCUT2D eigenvalue weighted by molar-refractivity contribution is 8.26. The first-order valence-corrected chi connectivity index (χ1v) is 34.0. The van der Waals surface area contributed by atoms with Crippen LogP contribution in [0.15, 0.2) is 23.8 Å². The Balaban J connectivity index is 1.12. The SMILES string of the molecule is CC[C@H]1OC(=O)[C@H](C)[C@@H](O[C@H]2C[C@@](C)(OC)[C@@H](O)[C@H](C)O2)[C@H](C)[C@@H](O[C@@H]2O[C@H](C)C[C@H](N(C)C)[C@H]2O)[C@](C)(O)C[C@@H](C)CN(CCCNCCC(=O)O[C@]2(C(=O)SC(=O)N(C)C)[C@H](C)CC3C4CC=C5CC(=O)C=C[C@]5(C)[C@@]4(F)[C@@H](O)C[C@@]32C)[C@H](C)[C@@H](O)[C@]1(C)O. The fraction of sp³-hybridized carbons (Fsp3) is 0.866. The van der Waals surface area contributed by atoms with E-state index in [-0.39, 0.29) is 88.3 Å². The Kier molecular flexibility index (Phi) is 24.0. The van der Waals surface area contributed by atoms with Gasteiger partial charge >= 0.3 is 11.9 Å². The molecule has 0 aromatic carbocycles. The normalized spacial score (nSPS) is 46.0. The number of methoxy groups -OCH3 is 1. The zero-order valence-corrected chi connectivity index (χ0v) is 58.1. The second-order valence-electron chi connectivity index (χ2n) is 29.7. The summed E-state index contributed by atoms with van der Waals surface area (Å²) in [5.41, 5.74) is -11.0. The summed E-state index contributed by atoms with van der Waals surface area (Å²) in [6, 6.07) is -1.14. The number of carbonyl (C=O) groups excluding carboxylic acids is 5. The monoisotopic (exact) mass is 1310 g/mol. The Bertz CT molecular complexity index is 2650. The summed E-state index contributed by atoms with van der Waals surface area (Å²) in [5.74, 6) is -6.07. The van der Waals surface area contributed by atoms with E-state index in [1.807, 2.05) is 43.8 Å². The van der Waals surface area contributed by atoms with Crippen LogP contribution in [0.3, 0.4) is 0 Å². The summed E-state index contributed by atoms with van der Waals surface area (Å²) in [6.45, 7) is 23.5. The molecule has 5 fully saturated rings. The minimum Gasteiger partial charge on any atom is -0.459 e. The third kappa shape index (κ3) is 14.5. The molecule has 3 aliphatic heterocycles. The van der Waals surface area contributed by atoms with Crippen LogP contribution >= 0.6 is 11.8 Å². The number of hydrogen-bond acceptors (Lipinski definition) is 22. The number of ketones is 1. The molecule has 0 aromatic rings. The number of nitrogens with zero attached hydrogens (tertiary/aromatic N) is 3.